The van der Waals surface area contributed by atoms with Crippen LogP contribution in [0.4, 0.5) is 0 Å². The minimum atomic E-state index is -0.390. The fraction of sp³-hybridized carbons (Fsp3) is 0.333. The van der Waals surface area contributed by atoms with Crippen LogP contribution in [0.5, 0.6) is 0 Å². The van der Waals surface area contributed by atoms with Gasteiger partial charge in [0.25, 0.3) is 0 Å². The summed E-state index contributed by atoms with van der Waals surface area (Å²) in [4.78, 5) is 16.5. The largest absolute Gasteiger partial charge is 0.350 e. The van der Waals surface area contributed by atoms with Gasteiger partial charge in [-0.1, -0.05) is 6.07 Å². The van der Waals surface area contributed by atoms with E-state index < -0.39 is 0 Å². The van der Waals surface area contributed by atoms with Crippen LogP contribution >= 0.6 is 0 Å². The molecule has 0 bridgehead atoms. The third-order valence-electron chi connectivity index (χ3n) is 3.19. The summed E-state index contributed by atoms with van der Waals surface area (Å²) in [6.07, 6.45) is -0.121. The van der Waals surface area contributed by atoms with Gasteiger partial charge >= 0.3 is 0 Å². The normalized spacial score (nSPS) is 16.1. The minimum absolute atomic E-state index is 0.0365. The van der Waals surface area contributed by atoms with Crippen molar-refractivity contribution in [3.63, 3.8) is 0 Å². The molecule has 1 aliphatic rings. The lowest BCUT2D eigenvalue weighted by atomic mass is 10.0. The summed E-state index contributed by atoms with van der Waals surface area (Å²) in [5, 5.41) is 0.977. The van der Waals surface area contributed by atoms with Crippen molar-refractivity contribution < 1.29 is 14.3 Å². The average Bonchev–Trinajstić information content (AvgIpc) is 2.91. The lowest BCUT2D eigenvalue weighted by molar-refractivity contribution is -0.0407. The molecule has 1 saturated heterocycles. The molecule has 98 valence electrons. The molecule has 0 N–H and O–H groups in total. The van der Waals surface area contributed by atoms with Gasteiger partial charge < -0.3 is 9.47 Å². The Morgan fingerprint density at radius 3 is 2.84 bits per heavy atom. The van der Waals surface area contributed by atoms with Crippen LogP contribution in [-0.4, -0.2) is 30.3 Å². The molecule has 0 saturated carbocycles. The molecule has 1 fully saturated rings. The maximum atomic E-state index is 12.1. The van der Waals surface area contributed by atoms with E-state index in [2.05, 4.69) is 4.98 Å². The third-order valence-corrected chi connectivity index (χ3v) is 3.19. The number of aryl methyl sites for hydroxylation is 1. The summed E-state index contributed by atoms with van der Waals surface area (Å²) in [5.74, 6) is 0.0365. The Morgan fingerprint density at radius 1 is 1.26 bits per heavy atom. The smallest absolute Gasteiger partial charge is 0.167 e. The maximum Gasteiger partial charge on any atom is 0.167 e. The van der Waals surface area contributed by atoms with Crippen molar-refractivity contribution in [3.8, 4) is 0 Å². The first-order valence-corrected chi connectivity index (χ1v) is 6.36. The fourth-order valence-electron chi connectivity index (χ4n) is 2.20. The summed E-state index contributed by atoms with van der Waals surface area (Å²) in [6.45, 7) is 3.09. The van der Waals surface area contributed by atoms with Crippen LogP contribution < -0.4 is 0 Å². The van der Waals surface area contributed by atoms with Gasteiger partial charge in [-0.15, -0.1) is 0 Å². The molecule has 0 unspecified atom stereocenters. The monoisotopic (exact) mass is 257 g/mol. The van der Waals surface area contributed by atoms with Crippen LogP contribution in [-0.2, 0) is 9.47 Å². The van der Waals surface area contributed by atoms with E-state index in [9.17, 15) is 4.79 Å². The number of carbonyl (C=O) groups is 1. The van der Waals surface area contributed by atoms with E-state index in [1.807, 2.05) is 37.3 Å². The van der Waals surface area contributed by atoms with Gasteiger partial charge in [-0.2, -0.15) is 0 Å². The van der Waals surface area contributed by atoms with Crippen molar-refractivity contribution in [1.82, 2.24) is 4.98 Å². The number of nitrogens with zero attached hydrogens (tertiary/aromatic N) is 1. The predicted octanol–water partition coefficient (Wildman–Crippen LogP) is 2.49. The van der Waals surface area contributed by atoms with Crippen LogP contribution in [0, 0.1) is 6.92 Å². The number of hydrogen-bond donors (Lipinski definition) is 0. The standard InChI is InChI=1S/C15H15NO3/c1-10-2-3-11-8-12(4-5-13(11)16-10)14(17)9-15-18-6-7-19-15/h2-5,8,15H,6-7,9H2,1H3. The summed E-state index contributed by atoms with van der Waals surface area (Å²) in [6, 6.07) is 9.49. The summed E-state index contributed by atoms with van der Waals surface area (Å²) >= 11 is 0. The minimum Gasteiger partial charge on any atom is -0.350 e. The Kier molecular flexibility index (Phi) is 3.27. The van der Waals surface area contributed by atoms with Crippen molar-refractivity contribution in [3.05, 3.63) is 41.6 Å². The van der Waals surface area contributed by atoms with Gasteiger partial charge in [-0.25, -0.2) is 0 Å². The predicted molar refractivity (Wildman–Crippen MR) is 71.1 cm³/mol. The van der Waals surface area contributed by atoms with Gasteiger partial charge in [-0.3, -0.25) is 9.78 Å². The van der Waals surface area contributed by atoms with E-state index in [1.54, 1.807) is 0 Å². The zero-order valence-corrected chi connectivity index (χ0v) is 10.8. The molecule has 1 aromatic carbocycles. The molecule has 0 spiro atoms. The SMILES string of the molecule is Cc1ccc2cc(C(=O)CC3OCCO3)ccc2n1. The molecular formula is C15H15NO3. The molecule has 0 aliphatic carbocycles. The van der Waals surface area contributed by atoms with E-state index >= 15 is 0 Å². The molecule has 4 heteroatoms. The van der Waals surface area contributed by atoms with E-state index in [0.29, 0.717) is 18.8 Å². The number of Topliss-reactive ketones (excluding diaryl/α,β-unsaturated/α-hetero) is 1. The first-order valence-electron chi connectivity index (χ1n) is 6.36. The Labute approximate surface area is 111 Å². The Hall–Kier alpha value is -1.78. The molecule has 0 atom stereocenters. The molecule has 0 radical (unpaired) electrons. The molecule has 2 aromatic rings. The van der Waals surface area contributed by atoms with Crippen molar-refractivity contribution in [2.45, 2.75) is 19.6 Å². The Bertz CT molecular complexity index is 618. The highest BCUT2D eigenvalue weighted by Gasteiger charge is 2.20. The van der Waals surface area contributed by atoms with E-state index in [-0.39, 0.29) is 18.5 Å². The highest BCUT2D eigenvalue weighted by Crippen LogP contribution is 2.18. The van der Waals surface area contributed by atoms with Gasteiger partial charge in [0.2, 0.25) is 0 Å². The highest BCUT2D eigenvalue weighted by molar-refractivity contribution is 5.99. The van der Waals surface area contributed by atoms with Gasteiger partial charge in [0.1, 0.15) is 0 Å². The number of fused-ring (bicyclic) bond motifs is 1. The second kappa shape index (κ2) is 5.07. The van der Waals surface area contributed by atoms with Gasteiger partial charge in [0.05, 0.1) is 25.2 Å². The van der Waals surface area contributed by atoms with Crippen molar-refractivity contribution in [2.24, 2.45) is 0 Å². The molecule has 3 rings (SSSR count). The van der Waals surface area contributed by atoms with Crippen LogP contribution in [0.25, 0.3) is 10.9 Å². The fourth-order valence-corrected chi connectivity index (χ4v) is 2.20. The lowest BCUT2D eigenvalue weighted by Gasteiger charge is -2.08. The topological polar surface area (TPSA) is 48.4 Å². The molecule has 19 heavy (non-hydrogen) atoms. The third kappa shape index (κ3) is 2.64. The Morgan fingerprint density at radius 2 is 2.05 bits per heavy atom. The van der Waals surface area contributed by atoms with Gasteiger partial charge in [0, 0.05) is 16.6 Å². The average molecular weight is 257 g/mol. The zero-order chi connectivity index (χ0) is 13.2. The zero-order valence-electron chi connectivity index (χ0n) is 10.8. The molecule has 1 aromatic heterocycles. The van der Waals surface area contributed by atoms with E-state index in [1.165, 1.54) is 0 Å². The molecule has 1 aliphatic heterocycles. The first kappa shape index (κ1) is 12.3. The highest BCUT2D eigenvalue weighted by atomic mass is 16.7. The second-order valence-electron chi connectivity index (χ2n) is 4.66. The number of rotatable bonds is 3. The Balaban J connectivity index is 1.83. The molecule has 2 heterocycles. The molecular weight excluding hydrogens is 242 g/mol. The molecule has 4 nitrogen and oxygen atoms in total. The van der Waals surface area contributed by atoms with Gasteiger partial charge in [0.15, 0.2) is 12.1 Å². The number of hydrogen-bond acceptors (Lipinski definition) is 4. The number of ketones is 1. The quantitative estimate of drug-likeness (QED) is 0.793. The van der Waals surface area contributed by atoms with Crippen molar-refractivity contribution >= 4 is 16.7 Å². The maximum absolute atomic E-state index is 12.1. The van der Waals surface area contributed by atoms with Crippen molar-refractivity contribution in [2.75, 3.05) is 13.2 Å². The summed E-state index contributed by atoms with van der Waals surface area (Å²) in [7, 11) is 0. The lowest BCUT2D eigenvalue weighted by Crippen LogP contribution is -2.14. The van der Waals surface area contributed by atoms with Crippen molar-refractivity contribution in [1.29, 1.82) is 0 Å². The number of pyridine rings is 1. The van der Waals surface area contributed by atoms with Crippen LogP contribution in [0.1, 0.15) is 22.5 Å². The van der Waals surface area contributed by atoms with Crippen LogP contribution in [0.2, 0.25) is 0 Å². The first-order chi connectivity index (χ1) is 9.22. The summed E-state index contributed by atoms with van der Waals surface area (Å²) in [5.41, 5.74) is 2.56. The number of ether oxygens (including phenoxy) is 2. The number of benzene rings is 1. The second-order valence-corrected chi connectivity index (χ2v) is 4.66. The number of aromatic nitrogens is 1. The van der Waals surface area contributed by atoms with Crippen LogP contribution in [0.15, 0.2) is 30.3 Å². The van der Waals surface area contributed by atoms with E-state index in [4.69, 9.17) is 9.47 Å². The van der Waals surface area contributed by atoms with Gasteiger partial charge in [-0.05, 0) is 31.2 Å². The summed E-state index contributed by atoms with van der Waals surface area (Å²) < 4.78 is 10.6. The van der Waals surface area contributed by atoms with E-state index in [0.717, 1.165) is 16.6 Å². The molecule has 0 amide bonds. The van der Waals surface area contributed by atoms with Crippen LogP contribution in [0.3, 0.4) is 0 Å². The number of carbonyl (C=O) groups excluding carboxylic acids is 1.